The monoisotopic (exact) mass is 216 g/mol. The number of rotatable bonds is 2. The molecule has 1 atom stereocenters. The first-order valence-electron chi connectivity index (χ1n) is 4.43. The molecule has 0 aliphatic rings. The zero-order chi connectivity index (χ0) is 10.9. The van der Waals surface area contributed by atoms with Crippen molar-refractivity contribution in [3.8, 4) is 0 Å². The highest BCUT2D eigenvalue weighted by Crippen LogP contribution is 2.28. The van der Waals surface area contributed by atoms with E-state index in [0.717, 1.165) is 0 Å². The van der Waals surface area contributed by atoms with Crippen molar-refractivity contribution in [3.05, 3.63) is 28.5 Å². The lowest BCUT2D eigenvalue weighted by molar-refractivity contribution is 0.485. The van der Waals surface area contributed by atoms with E-state index in [1.54, 1.807) is 0 Å². The summed E-state index contributed by atoms with van der Waals surface area (Å²) in [5.41, 5.74) is 11.9. The van der Waals surface area contributed by atoms with Gasteiger partial charge in [0.25, 0.3) is 0 Å². The highest BCUT2D eigenvalue weighted by atomic mass is 35.5. The van der Waals surface area contributed by atoms with Crippen LogP contribution in [-0.4, -0.2) is 0 Å². The number of halogens is 2. The molecule has 0 radical (unpaired) electrons. The van der Waals surface area contributed by atoms with Crippen molar-refractivity contribution in [2.45, 2.75) is 19.9 Å². The van der Waals surface area contributed by atoms with Crippen molar-refractivity contribution in [2.24, 2.45) is 11.7 Å². The van der Waals surface area contributed by atoms with E-state index in [1.165, 1.54) is 12.1 Å². The largest absolute Gasteiger partial charge is 0.397 e. The summed E-state index contributed by atoms with van der Waals surface area (Å²) in [6.07, 6.45) is 0. The van der Waals surface area contributed by atoms with Gasteiger partial charge in [0.2, 0.25) is 0 Å². The molecule has 0 bridgehead atoms. The normalized spacial score (nSPS) is 13.3. The molecule has 0 amide bonds. The van der Waals surface area contributed by atoms with Gasteiger partial charge < -0.3 is 11.5 Å². The van der Waals surface area contributed by atoms with Gasteiger partial charge in [0.05, 0.1) is 10.7 Å². The van der Waals surface area contributed by atoms with E-state index >= 15 is 0 Å². The Hall–Kier alpha value is -0.800. The lowest BCUT2D eigenvalue weighted by atomic mass is 9.96. The lowest BCUT2D eigenvalue weighted by Crippen LogP contribution is -2.18. The average molecular weight is 217 g/mol. The molecule has 1 aromatic rings. The van der Waals surface area contributed by atoms with E-state index in [-0.39, 0.29) is 17.6 Å². The summed E-state index contributed by atoms with van der Waals surface area (Å²) < 4.78 is 13.4. The third-order valence-corrected chi connectivity index (χ3v) is 2.52. The second-order valence-corrected chi connectivity index (χ2v) is 4.07. The molecule has 0 saturated heterocycles. The van der Waals surface area contributed by atoms with Crippen molar-refractivity contribution in [3.63, 3.8) is 0 Å². The maximum atomic E-state index is 13.4. The smallest absolute Gasteiger partial charge is 0.130 e. The summed E-state index contributed by atoms with van der Waals surface area (Å²) in [4.78, 5) is 0. The Morgan fingerprint density at radius 3 is 2.43 bits per heavy atom. The van der Waals surface area contributed by atoms with E-state index in [0.29, 0.717) is 10.6 Å². The third kappa shape index (κ3) is 2.16. The maximum Gasteiger partial charge on any atom is 0.130 e. The molecule has 4 N–H and O–H groups in total. The van der Waals surface area contributed by atoms with Gasteiger partial charge in [-0.3, -0.25) is 0 Å². The van der Waals surface area contributed by atoms with Crippen LogP contribution in [0.25, 0.3) is 0 Å². The number of hydrogen-bond donors (Lipinski definition) is 2. The van der Waals surface area contributed by atoms with Crippen LogP contribution in [0.3, 0.4) is 0 Å². The van der Waals surface area contributed by atoms with E-state index in [9.17, 15) is 4.39 Å². The predicted octanol–water partition coefficient (Wildman–Crippen LogP) is 2.72. The molecule has 0 aliphatic heterocycles. The third-order valence-electron chi connectivity index (χ3n) is 2.19. The van der Waals surface area contributed by atoms with Crippen LogP contribution in [0.4, 0.5) is 10.1 Å². The number of anilines is 1. The predicted molar refractivity (Wildman–Crippen MR) is 57.6 cm³/mol. The van der Waals surface area contributed by atoms with Crippen LogP contribution < -0.4 is 11.5 Å². The molecule has 0 spiro atoms. The average Bonchev–Trinajstić information content (AvgIpc) is 2.10. The summed E-state index contributed by atoms with van der Waals surface area (Å²) in [5, 5.41) is 0.345. The molecule has 0 aliphatic carbocycles. The van der Waals surface area contributed by atoms with Gasteiger partial charge in [-0.05, 0) is 18.1 Å². The van der Waals surface area contributed by atoms with Gasteiger partial charge in [-0.1, -0.05) is 25.4 Å². The second-order valence-electron chi connectivity index (χ2n) is 3.67. The highest BCUT2D eigenvalue weighted by molar-refractivity contribution is 6.33. The maximum absolute atomic E-state index is 13.4. The van der Waals surface area contributed by atoms with Crippen LogP contribution in [0.15, 0.2) is 12.1 Å². The molecule has 0 fully saturated rings. The number of nitrogens with two attached hydrogens (primary N) is 2. The minimum absolute atomic E-state index is 0.157. The van der Waals surface area contributed by atoms with Crippen LogP contribution in [0, 0.1) is 11.7 Å². The van der Waals surface area contributed by atoms with Gasteiger partial charge in [0, 0.05) is 11.6 Å². The van der Waals surface area contributed by atoms with Gasteiger partial charge in [-0.2, -0.15) is 0 Å². The molecular formula is C10H14ClFN2. The molecule has 0 aromatic heterocycles. The molecule has 2 nitrogen and oxygen atoms in total. The summed E-state index contributed by atoms with van der Waals surface area (Å²) in [6.45, 7) is 3.85. The van der Waals surface area contributed by atoms with Crippen LogP contribution in [-0.2, 0) is 0 Å². The molecule has 14 heavy (non-hydrogen) atoms. The quantitative estimate of drug-likeness (QED) is 0.747. The van der Waals surface area contributed by atoms with E-state index < -0.39 is 5.82 Å². The fourth-order valence-corrected chi connectivity index (χ4v) is 1.36. The Balaban J connectivity index is 3.15. The van der Waals surface area contributed by atoms with E-state index in [1.807, 2.05) is 13.8 Å². The fraction of sp³-hybridized carbons (Fsp3) is 0.400. The minimum atomic E-state index is -0.395. The zero-order valence-electron chi connectivity index (χ0n) is 8.22. The Kier molecular flexibility index (Phi) is 3.34. The summed E-state index contributed by atoms with van der Waals surface area (Å²) in [7, 11) is 0. The Labute approximate surface area is 88.0 Å². The minimum Gasteiger partial charge on any atom is -0.397 e. The number of hydrogen-bond acceptors (Lipinski definition) is 2. The molecule has 0 heterocycles. The highest BCUT2D eigenvalue weighted by Gasteiger charge is 2.16. The molecule has 4 heteroatoms. The molecular weight excluding hydrogens is 203 g/mol. The van der Waals surface area contributed by atoms with Crippen molar-refractivity contribution >= 4 is 17.3 Å². The molecule has 78 valence electrons. The summed E-state index contributed by atoms with van der Waals surface area (Å²) >= 11 is 5.79. The standard InChI is InChI=1S/C10H14ClFN2/c1-5(2)10(14)6-3-7(11)9(13)4-8(6)12/h3-5,10H,13-14H2,1-2H3/t10-/m0/s1. The van der Waals surface area contributed by atoms with Crippen molar-refractivity contribution in [1.82, 2.24) is 0 Å². The Morgan fingerprint density at radius 1 is 1.36 bits per heavy atom. The molecule has 1 rings (SSSR count). The van der Waals surface area contributed by atoms with Gasteiger partial charge in [0.15, 0.2) is 0 Å². The first kappa shape index (κ1) is 11.3. The summed E-state index contributed by atoms with van der Waals surface area (Å²) in [5.74, 6) is -0.239. The van der Waals surface area contributed by atoms with Crippen LogP contribution >= 0.6 is 11.6 Å². The number of nitrogen functional groups attached to an aromatic ring is 1. The molecule has 1 aromatic carbocycles. The van der Waals surface area contributed by atoms with Gasteiger partial charge in [-0.25, -0.2) is 4.39 Å². The van der Waals surface area contributed by atoms with Gasteiger partial charge >= 0.3 is 0 Å². The second kappa shape index (κ2) is 4.15. The van der Waals surface area contributed by atoms with Gasteiger partial charge in [-0.15, -0.1) is 0 Å². The Morgan fingerprint density at radius 2 is 1.93 bits per heavy atom. The van der Waals surface area contributed by atoms with E-state index in [2.05, 4.69) is 0 Å². The lowest BCUT2D eigenvalue weighted by Gasteiger charge is -2.17. The fourth-order valence-electron chi connectivity index (χ4n) is 1.19. The summed E-state index contributed by atoms with van der Waals surface area (Å²) in [6, 6.07) is 2.35. The Bertz CT molecular complexity index is 339. The van der Waals surface area contributed by atoms with E-state index in [4.69, 9.17) is 23.1 Å². The number of benzene rings is 1. The van der Waals surface area contributed by atoms with Crippen LogP contribution in [0.2, 0.25) is 5.02 Å². The van der Waals surface area contributed by atoms with Crippen molar-refractivity contribution in [1.29, 1.82) is 0 Å². The topological polar surface area (TPSA) is 52.0 Å². The van der Waals surface area contributed by atoms with Crippen LogP contribution in [0.5, 0.6) is 0 Å². The van der Waals surface area contributed by atoms with Crippen LogP contribution in [0.1, 0.15) is 25.5 Å². The van der Waals surface area contributed by atoms with Crippen molar-refractivity contribution < 1.29 is 4.39 Å². The van der Waals surface area contributed by atoms with Gasteiger partial charge in [0.1, 0.15) is 5.82 Å². The SMILES string of the molecule is CC(C)[C@H](N)c1cc(Cl)c(N)cc1F. The van der Waals surface area contributed by atoms with Crippen molar-refractivity contribution in [2.75, 3.05) is 5.73 Å². The molecule has 0 saturated carbocycles. The zero-order valence-corrected chi connectivity index (χ0v) is 8.98. The molecule has 0 unspecified atom stereocenters. The first-order valence-corrected chi connectivity index (χ1v) is 4.81. The first-order chi connectivity index (χ1) is 6.43.